The van der Waals surface area contributed by atoms with E-state index in [2.05, 4.69) is 76.0 Å². The van der Waals surface area contributed by atoms with E-state index in [0.29, 0.717) is 0 Å². The largest absolute Gasteiger partial charge is 0.271 e. The summed E-state index contributed by atoms with van der Waals surface area (Å²) in [6, 6.07) is 23.0. The number of halogens is 1. The van der Waals surface area contributed by atoms with Crippen LogP contribution in [0.3, 0.4) is 0 Å². The van der Waals surface area contributed by atoms with Gasteiger partial charge in [0.15, 0.2) is 0 Å². The summed E-state index contributed by atoms with van der Waals surface area (Å²) in [6.45, 7) is 0. The zero-order valence-electron chi connectivity index (χ0n) is 11.3. The third kappa shape index (κ3) is 3.24. The van der Waals surface area contributed by atoms with E-state index in [1.807, 2.05) is 12.1 Å². The standard InChI is InChI=1S/C17H15BrN2S/c18-16-11-10-15(21-16)17(20-19)14-8-6-13(7-9-14)12-4-2-1-3-5-12/h1-11,17,20H,19H2. The number of nitrogens with one attached hydrogen (secondary N) is 1. The van der Waals surface area contributed by atoms with E-state index in [9.17, 15) is 0 Å². The highest BCUT2D eigenvalue weighted by Gasteiger charge is 2.14. The summed E-state index contributed by atoms with van der Waals surface area (Å²) in [5.74, 6) is 5.74. The van der Waals surface area contributed by atoms with Crippen molar-refractivity contribution in [3.63, 3.8) is 0 Å². The monoisotopic (exact) mass is 358 g/mol. The van der Waals surface area contributed by atoms with Crippen LogP contribution in [-0.4, -0.2) is 0 Å². The predicted octanol–water partition coefficient (Wildman–Crippen LogP) is 4.73. The Morgan fingerprint density at radius 2 is 1.52 bits per heavy atom. The van der Waals surface area contributed by atoms with E-state index >= 15 is 0 Å². The van der Waals surface area contributed by atoms with Crippen LogP contribution < -0.4 is 11.3 Å². The third-order valence-electron chi connectivity index (χ3n) is 3.40. The van der Waals surface area contributed by atoms with E-state index in [1.54, 1.807) is 11.3 Å². The molecule has 4 heteroatoms. The molecule has 21 heavy (non-hydrogen) atoms. The summed E-state index contributed by atoms with van der Waals surface area (Å²) in [7, 11) is 0. The summed E-state index contributed by atoms with van der Waals surface area (Å²) in [5, 5.41) is 0. The SMILES string of the molecule is NNC(c1ccc(-c2ccccc2)cc1)c1ccc(Br)s1. The molecule has 0 saturated heterocycles. The van der Waals surface area contributed by atoms with Crippen molar-refractivity contribution in [2.45, 2.75) is 6.04 Å². The van der Waals surface area contributed by atoms with Crippen LogP contribution >= 0.6 is 27.3 Å². The van der Waals surface area contributed by atoms with Gasteiger partial charge < -0.3 is 0 Å². The van der Waals surface area contributed by atoms with Crippen LogP contribution in [0.5, 0.6) is 0 Å². The molecule has 2 nitrogen and oxygen atoms in total. The number of hydrogen-bond donors (Lipinski definition) is 2. The molecule has 0 saturated carbocycles. The molecule has 1 heterocycles. The molecule has 0 spiro atoms. The predicted molar refractivity (Wildman–Crippen MR) is 93.1 cm³/mol. The molecule has 1 atom stereocenters. The Balaban J connectivity index is 1.89. The zero-order valence-corrected chi connectivity index (χ0v) is 13.7. The van der Waals surface area contributed by atoms with Gasteiger partial charge in [-0.2, -0.15) is 0 Å². The lowest BCUT2D eigenvalue weighted by Gasteiger charge is -2.15. The van der Waals surface area contributed by atoms with Crippen LogP contribution in [0.25, 0.3) is 11.1 Å². The summed E-state index contributed by atoms with van der Waals surface area (Å²) in [4.78, 5) is 1.19. The van der Waals surface area contributed by atoms with Crippen molar-refractivity contribution < 1.29 is 0 Å². The molecular formula is C17H15BrN2S. The first kappa shape index (κ1) is 14.5. The Morgan fingerprint density at radius 3 is 2.10 bits per heavy atom. The molecule has 0 amide bonds. The molecule has 1 aromatic heterocycles. The maximum Gasteiger partial charge on any atom is 0.0802 e. The van der Waals surface area contributed by atoms with Crippen LogP contribution in [0.1, 0.15) is 16.5 Å². The molecule has 3 N–H and O–H groups in total. The van der Waals surface area contributed by atoms with E-state index in [-0.39, 0.29) is 6.04 Å². The topological polar surface area (TPSA) is 38.0 Å². The molecule has 0 radical (unpaired) electrons. The van der Waals surface area contributed by atoms with E-state index in [0.717, 1.165) is 9.35 Å². The second kappa shape index (κ2) is 6.54. The van der Waals surface area contributed by atoms with Gasteiger partial charge >= 0.3 is 0 Å². The van der Waals surface area contributed by atoms with Crippen molar-refractivity contribution in [1.29, 1.82) is 0 Å². The summed E-state index contributed by atoms with van der Waals surface area (Å²) < 4.78 is 1.11. The summed E-state index contributed by atoms with van der Waals surface area (Å²) >= 11 is 5.18. The minimum Gasteiger partial charge on any atom is -0.271 e. The molecule has 3 rings (SSSR count). The highest BCUT2D eigenvalue weighted by molar-refractivity contribution is 9.11. The van der Waals surface area contributed by atoms with Gasteiger partial charge in [0, 0.05) is 4.88 Å². The molecule has 3 aromatic rings. The smallest absolute Gasteiger partial charge is 0.0802 e. The van der Waals surface area contributed by atoms with Crippen LogP contribution in [-0.2, 0) is 0 Å². The van der Waals surface area contributed by atoms with E-state index in [4.69, 9.17) is 5.84 Å². The number of rotatable bonds is 4. The Labute approximate surface area is 136 Å². The molecule has 1 unspecified atom stereocenters. The van der Waals surface area contributed by atoms with Gasteiger partial charge in [-0.25, -0.2) is 5.43 Å². The Hall–Kier alpha value is -1.46. The molecule has 2 aromatic carbocycles. The number of hydrazine groups is 1. The fourth-order valence-electron chi connectivity index (χ4n) is 2.32. The van der Waals surface area contributed by atoms with Crippen LogP contribution in [0.2, 0.25) is 0 Å². The van der Waals surface area contributed by atoms with Gasteiger partial charge in [0.25, 0.3) is 0 Å². The number of hydrogen-bond acceptors (Lipinski definition) is 3. The van der Waals surface area contributed by atoms with Gasteiger partial charge in [0.1, 0.15) is 0 Å². The highest BCUT2D eigenvalue weighted by Crippen LogP contribution is 2.31. The minimum absolute atomic E-state index is 0.0196. The molecule has 0 aliphatic heterocycles. The summed E-state index contributed by atoms with van der Waals surface area (Å²) in [6.07, 6.45) is 0. The fourth-order valence-corrected chi connectivity index (χ4v) is 3.84. The molecule has 0 aliphatic carbocycles. The normalized spacial score (nSPS) is 12.3. The Morgan fingerprint density at radius 1 is 0.857 bits per heavy atom. The van der Waals surface area contributed by atoms with Crippen molar-refractivity contribution in [3.05, 3.63) is 81.0 Å². The number of nitrogens with two attached hydrogens (primary N) is 1. The van der Waals surface area contributed by atoms with Gasteiger partial charge in [-0.3, -0.25) is 5.84 Å². The molecule has 0 aliphatic rings. The van der Waals surface area contributed by atoms with Crippen molar-refractivity contribution in [3.8, 4) is 11.1 Å². The lowest BCUT2D eigenvalue weighted by Crippen LogP contribution is -2.28. The van der Waals surface area contributed by atoms with Gasteiger partial charge in [-0.1, -0.05) is 54.6 Å². The minimum atomic E-state index is 0.0196. The number of thiophene rings is 1. The lowest BCUT2D eigenvalue weighted by atomic mass is 10.0. The van der Waals surface area contributed by atoms with E-state index in [1.165, 1.54) is 16.0 Å². The van der Waals surface area contributed by atoms with Gasteiger partial charge in [0.2, 0.25) is 0 Å². The van der Waals surface area contributed by atoms with Gasteiger partial charge in [-0.05, 0) is 44.8 Å². The third-order valence-corrected chi connectivity index (χ3v) is 5.08. The highest BCUT2D eigenvalue weighted by atomic mass is 79.9. The van der Waals surface area contributed by atoms with E-state index < -0.39 is 0 Å². The molecular weight excluding hydrogens is 344 g/mol. The first-order valence-electron chi connectivity index (χ1n) is 6.64. The first-order chi connectivity index (χ1) is 10.3. The average Bonchev–Trinajstić information content (AvgIpc) is 2.96. The van der Waals surface area contributed by atoms with Crippen LogP contribution in [0.15, 0.2) is 70.5 Å². The van der Waals surface area contributed by atoms with Crippen LogP contribution in [0.4, 0.5) is 0 Å². The maximum atomic E-state index is 5.74. The quantitative estimate of drug-likeness (QED) is 0.522. The van der Waals surface area contributed by atoms with Gasteiger partial charge in [-0.15, -0.1) is 11.3 Å². The Kier molecular flexibility index (Phi) is 4.51. The van der Waals surface area contributed by atoms with Gasteiger partial charge in [0.05, 0.1) is 9.83 Å². The number of benzene rings is 2. The molecule has 106 valence electrons. The maximum absolute atomic E-state index is 5.74. The molecule has 0 bridgehead atoms. The van der Waals surface area contributed by atoms with Crippen molar-refractivity contribution in [2.75, 3.05) is 0 Å². The van der Waals surface area contributed by atoms with Crippen molar-refractivity contribution >= 4 is 27.3 Å². The first-order valence-corrected chi connectivity index (χ1v) is 8.25. The average molecular weight is 359 g/mol. The second-order valence-electron chi connectivity index (χ2n) is 4.73. The second-order valence-corrected chi connectivity index (χ2v) is 7.22. The zero-order chi connectivity index (χ0) is 14.7. The Bertz CT molecular complexity index is 707. The fraction of sp³-hybridized carbons (Fsp3) is 0.0588. The summed E-state index contributed by atoms with van der Waals surface area (Å²) in [5.41, 5.74) is 6.49. The lowest BCUT2D eigenvalue weighted by molar-refractivity contribution is 0.646. The molecule has 0 fully saturated rings. The van der Waals surface area contributed by atoms with Crippen LogP contribution in [0, 0.1) is 0 Å². The van der Waals surface area contributed by atoms with Crippen molar-refractivity contribution in [2.24, 2.45) is 5.84 Å². The van der Waals surface area contributed by atoms with Crippen molar-refractivity contribution in [1.82, 2.24) is 5.43 Å².